The van der Waals surface area contributed by atoms with Crippen LogP contribution in [0.4, 0.5) is 0 Å². The average molecular weight is 293 g/mol. The van der Waals surface area contributed by atoms with Gasteiger partial charge in [-0.15, -0.1) is 0 Å². The SMILES string of the molecule is CCCC.CCCCC1CCCC(C23CCC2CC3)C1C. The van der Waals surface area contributed by atoms with Crippen LogP contribution in [0.5, 0.6) is 0 Å². The molecule has 3 fully saturated rings. The molecule has 0 spiro atoms. The van der Waals surface area contributed by atoms with Gasteiger partial charge >= 0.3 is 0 Å². The van der Waals surface area contributed by atoms with E-state index in [0.717, 1.165) is 23.2 Å². The van der Waals surface area contributed by atoms with Crippen LogP contribution in [0.15, 0.2) is 0 Å². The summed E-state index contributed by atoms with van der Waals surface area (Å²) in [5.74, 6) is 4.40. The smallest absolute Gasteiger partial charge is 0.0238 e. The highest BCUT2D eigenvalue weighted by Crippen LogP contribution is 2.68. The van der Waals surface area contributed by atoms with Crippen molar-refractivity contribution in [3.05, 3.63) is 0 Å². The first kappa shape index (κ1) is 17.4. The maximum absolute atomic E-state index is 2.60. The highest BCUT2D eigenvalue weighted by molar-refractivity contribution is 5.08. The van der Waals surface area contributed by atoms with Gasteiger partial charge in [-0.3, -0.25) is 0 Å². The molecule has 0 bridgehead atoms. The maximum atomic E-state index is 2.60. The lowest BCUT2D eigenvalue weighted by molar-refractivity contribution is -0.155. The average Bonchev–Trinajstić information content (AvgIpc) is 2.50. The first-order valence-electron chi connectivity index (χ1n) is 10.2. The van der Waals surface area contributed by atoms with E-state index in [2.05, 4.69) is 27.7 Å². The van der Waals surface area contributed by atoms with Crippen molar-refractivity contribution in [2.75, 3.05) is 0 Å². The molecule has 0 heteroatoms. The molecule has 0 aromatic heterocycles. The largest absolute Gasteiger partial charge is 0.0654 e. The summed E-state index contributed by atoms with van der Waals surface area (Å²) >= 11 is 0. The fourth-order valence-corrected chi connectivity index (χ4v) is 5.52. The third kappa shape index (κ3) is 3.50. The Kier molecular flexibility index (Phi) is 6.63. The molecule has 0 aromatic rings. The Morgan fingerprint density at radius 2 is 1.52 bits per heavy atom. The van der Waals surface area contributed by atoms with Crippen LogP contribution in [0, 0.1) is 29.1 Å². The number of rotatable bonds is 5. The molecule has 3 atom stereocenters. The molecule has 21 heavy (non-hydrogen) atoms. The van der Waals surface area contributed by atoms with Gasteiger partial charge in [-0.1, -0.05) is 72.6 Å². The van der Waals surface area contributed by atoms with E-state index >= 15 is 0 Å². The zero-order valence-electron chi connectivity index (χ0n) is 15.3. The van der Waals surface area contributed by atoms with Crippen molar-refractivity contribution in [1.29, 1.82) is 0 Å². The van der Waals surface area contributed by atoms with E-state index in [-0.39, 0.29) is 0 Å². The molecule has 3 saturated carbocycles. The summed E-state index contributed by atoms with van der Waals surface area (Å²) in [5.41, 5.74) is 0.879. The van der Waals surface area contributed by atoms with Crippen LogP contribution in [-0.4, -0.2) is 0 Å². The van der Waals surface area contributed by atoms with Gasteiger partial charge in [-0.2, -0.15) is 0 Å². The van der Waals surface area contributed by atoms with Crippen LogP contribution >= 0.6 is 0 Å². The topological polar surface area (TPSA) is 0 Å². The molecule has 0 nitrogen and oxygen atoms in total. The standard InChI is InChI=1S/C17H30.C4H10/c1-3-4-6-14-7-5-8-16(13(14)2)17-11-9-15(17)10-12-17;1-3-4-2/h13-16H,3-12H2,1-2H3;3-4H2,1-2H3. The van der Waals surface area contributed by atoms with Crippen molar-refractivity contribution in [3.63, 3.8) is 0 Å². The van der Waals surface area contributed by atoms with Crippen molar-refractivity contribution in [2.24, 2.45) is 29.1 Å². The van der Waals surface area contributed by atoms with Gasteiger partial charge in [0.1, 0.15) is 0 Å². The highest BCUT2D eigenvalue weighted by atomic mass is 14.6. The molecule has 3 unspecified atom stereocenters. The second-order valence-electron chi connectivity index (χ2n) is 8.31. The Bertz CT molecular complexity index is 282. The quantitative estimate of drug-likeness (QED) is 0.501. The fourth-order valence-electron chi connectivity index (χ4n) is 5.52. The maximum Gasteiger partial charge on any atom is -0.0238 e. The van der Waals surface area contributed by atoms with Gasteiger partial charge in [0.2, 0.25) is 0 Å². The van der Waals surface area contributed by atoms with E-state index in [9.17, 15) is 0 Å². The predicted molar refractivity (Wildman–Crippen MR) is 94.5 cm³/mol. The Morgan fingerprint density at radius 3 is 1.95 bits per heavy atom. The van der Waals surface area contributed by atoms with Crippen LogP contribution in [0.1, 0.15) is 105 Å². The molecule has 124 valence electrons. The highest BCUT2D eigenvalue weighted by Gasteiger charge is 2.59. The Balaban J connectivity index is 0.000000361. The fraction of sp³-hybridized carbons (Fsp3) is 1.00. The minimum atomic E-state index is 0.879. The van der Waals surface area contributed by atoms with Crippen LogP contribution in [0.3, 0.4) is 0 Å². The molecule has 0 amide bonds. The van der Waals surface area contributed by atoms with E-state index < -0.39 is 0 Å². The first-order chi connectivity index (χ1) is 10.2. The molecular formula is C21H40. The predicted octanol–water partition coefficient (Wildman–Crippen LogP) is 7.23. The minimum Gasteiger partial charge on any atom is -0.0654 e. The van der Waals surface area contributed by atoms with Crippen molar-refractivity contribution in [2.45, 2.75) is 105 Å². The normalized spacial score (nSPS) is 41.1. The van der Waals surface area contributed by atoms with Crippen molar-refractivity contribution >= 4 is 0 Å². The van der Waals surface area contributed by atoms with Gasteiger partial charge < -0.3 is 0 Å². The number of fused-ring (bicyclic) bond motifs is 1. The van der Waals surface area contributed by atoms with Gasteiger partial charge in [0.25, 0.3) is 0 Å². The lowest BCUT2D eigenvalue weighted by Gasteiger charge is -2.65. The molecule has 0 radical (unpaired) electrons. The van der Waals surface area contributed by atoms with Crippen LogP contribution in [0.2, 0.25) is 0 Å². The summed E-state index contributed by atoms with van der Waals surface area (Å²) in [5, 5.41) is 0. The van der Waals surface area contributed by atoms with E-state index in [0.29, 0.717) is 0 Å². The number of hydrogen-bond acceptors (Lipinski definition) is 0. The van der Waals surface area contributed by atoms with E-state index in [1.54, 1.807) is 38.5 Å². The van der Waals surface area contributed by atoms with E-state index in [1.165, 1.54) is 44.4 Å². The van der Waals surface area contributed by atoms with Gasteiger partial charge in [0, 0.05) is 0 Å². The Morgan fingerprint density at radius 1 is 0.857 bits per heavy atom. The molecule has 3 aliphatic rings. The minimum absolute atomic E-state index is 0.879. The van der Waals surface area contributed by atoms with Gasteiger partial charge in [0.05, 0.1) is 0 Å². The first-order valence-corrected chi connectivity index (χ1v) is 10.2. The molecule has 0 saturated heterocycles. The van der Waals surface area contributed by atoms with Crippen molar-refractivity contribution in [3.8, 4) is 0 Å². The lowest BCUT2D eigenvalue weighted by atomic mass is 9.40. The summed E-state index contributed by atoms with van der Waals surface area (Å²) in [6, 6.07) is 0. The van der Waals surface area contributed by atoms with Crippen LogP contribution in [-0.2, 0) is 0 Å². The second-order valence-corrected chi connectivity index (χ2v) is 8.31. The lowest BCUT2D eigenvalue weighted by Crippen LogP contribution is -2.56. The third-order valence-electron chi connectivity index (χ3n) is 7.36. The van der Waals surface area contributed by atoms with Crippen molar-refractivity contribution in [1.82, 2.24) is 0 Å². The number of hydrogen-bond donors (Lipinski definition) is 0. The van der Waals surface area contributed by atoms with Gasteiger partial charge in [-0.05, 0) is 61.2 Å². The molecular weight excluding hydrogens is 252 g/mol. The molecule has 0 aromatic carbocycles. The van der Waals surface area contributed by atoms with E-state index in [1.807, 2.05) is 0 Å². The van der Waals surface area contributed by atoms with Crippen molar-refractivity contribution < 1.29 is 0 Å². The van der Waals surface area contributed by atoms with Gasteiger partial charge in [-0.25, -0.2) is 0 Å². The Hall–Kier alpha value is 0. The van der Waals surface area contributed by atoms with Crippen LogP contribution in [0.25, 0.3) is 0 Å². The van der Waals surface area contributed by atoms with Gasteiger partial charge in [0.15, 0.2) is 0 Å². The molecule has 0 aliphatic heterocycles. The zero-order chi connectivity index (χ0) is 15.3. The zero-order valence-corrected chi connectivity index (χ0v) is 15.3. The summed E-state index contributed by atoms with van der Waals surface area (Å²) in [6.45, 7) is 9.31. The summed E-state index contributed by atoms with van der Waals surface area (Å²) in [4.78, 5) is 0. The van der Waals surface area contributed by atoms with Crippen LogP contribution < -0.4 is 0 Å². The molecule has 0 N–H and O–H groups in total. The molecule has 0 heterocycles. The Labute approximate surface area is 134 Å². The number of unbranched alkanes of at least 4 members (excludes halogenated alkanes) is 2. The summed E-state index contributed by atoms with van der Waals surface area (Å²) < 4.78 is 0. The molecule has 3 rings (SSSR count). The van der Waals surface area contributed by atoms with E-state index in [4.69, 9.17) is 0 Å². The molecule has 3 aliphatic carbocycles. The summed E-state index contributed by atoms with van der Waals surface area (Å²) in [7, 11) is 0. The monoisotopic (exact) mass is 292 g/mol. The summed E-state index contributed by atoms with van der Waals surface area (Å²) in [6.07, 6.45) is 18.0. The third-order valence-corrected chi connectivity index (χ3v) is 7.36. The second kappa shape index (κ2) is 8.02.